The molecular formula is C22H17N3O2. The van der Waals surface area contributed by atoms with Crippen LogP contribution in [0.5, 0.6) is 0 Å². The highest BCUT2D eigenvalue weighted by atomic mass is 16.6. The van der Waals surface area contributed by atoms with E-state index in [2.05, 4.69) is 10.2 Å². The maximum Gasteiger partial charge on any atom is 0.276 e. The minimum atomic E-state index is -0.405. The molecule has 0 radical (unpaired) electrons. The van der Waals surface area contributed by atoms with Crippen molar-refractivity contribution in [2.75, 3.05) is 0 Å². The maximum absolute atomic E-state index is 11.0. The van der Waals surface area contributed by atoms with Crippen LogP contribution in [-0.4, -0.2) is 16.8 Å². The zero-order valence-corrected chi connectivity index (χ0v) is 14.5. The van der Waals surface area contributed by atoms with Gasteiger partial charge < -0.3 is 0 Å². The van der Waals surface area contributed by atoms with E-state index in [-0.39, 0.29) is 5.69 Å². The lowest BCUT2D eigenvalue weighted by atomic mass is 10.0. The smallest absolute Gasteiger partial charge is 0.258 e. The molecule has 3 aromatic rings. The van der Waals surface area contributed by atoms with Gasteiger partial charge in [-0.05, 0) is 18.2 Å². The molecule has 0 bridgehead atoms. The van der Waals surface area contributed by atoms with Gasteiger partial charge in [-0.1, -0.05) is 72.8 Å². The van der Waals surface area contributed by atoms with Crippen LogP contribution in [0.25, 0.3) is 6.08 Å². The highest BCUT2D eigenvalue weighted by Gasteiger charge is 2.08. The second-order valence-electron chi connectivity index (χ2n) is 5.62. The van der Waals surface area contributed by atoms with Gasteiger partial charge in [0.25, 0.3) is 5.69 Å². The number of para-hydroxylation sites is 1. The average Bonchev–Trinajstić information content (AvgIpc) is 2.72. The molecule has 0 atom stereocenters. The molecule has 0 aliphatic rings. The number of hydrogen-bond donors (Lipinski definition) is 0. The van der Waals surface area contributed by atoms with E-state index in [4.69, 9.17) is 0 Å². The van der Waals surface area contributed by atoms with E-state index < -0.39 is 4.92 Å². The Balaban J connectivity index is 1.84. The number of rotatable bonds is 6. The Hall–Kier alpha value is -3.86. The van der Waals surface area contributed by atoms with Crippen LogP contribution < -0.4 is 0 Å². The molecule has 0 aliphatic carbocycles. The summed E-state index contributed by atoms with van der Waals surface area (Å²) in [6.07, 6.45) is 4.80. The fraction of sp³-hybridized carbons (Fsp3) is 0. The van der Waals surface area contributed by atoms with Gasteiger partial charge in [0, 0.05) is 23.4 Å². The first kappa shape index (κ1) is 17.9. The van der Waals surface area contributed by atoms with Crippen molar-refractivity contribution in [3.63, 3.8) is 0 Å². The van der Waals surface area contributed by atoms with Crippen LogP contribution in [0.3, 0.4) is 0 Å². The molecule has 0 aliphatic heterocycles. The first-order valence-electron chi connectivity index (χ1n) is 8.37. The maximum atomic E-state index is 11.0. The predicted molar refractivity (Wildman–Crippen MR) is 109 cm³/mol. The summed E-state index contributed by atoms with van der Waals surface area (Å²) in [7, 11) is 0. The van der Waals surface area contributed by atoms with Crippen molar-refractivity contribution in [2.24, 2.45) is 10.2 Å². The standard InChI is InChI=1S/C22H17N3O2/c26-25(27)21-16-8-7-10-18(21)15-9-17-23-24-22(19-11-3-1-4-12-19)20-13-5-2-6-14-20/h1-17H/b15-9+,23-17+. The molecule has 0 unspecified atom stereocenters. The lowest BCUT2D eigenvalue weighted by Crippen LogP contribution is -2.02. The molecule has 3 rings (SSSR count). The third-order valence-corrected chi connectivity index (χ3v) is 3.81. The fourth-order valence-corrected chi connectivity index (χ4v) is 2.55. The third-order valence-electron chi connectivity index (χ3n) is 3.81. The molecule has 0 saturated carbocycles. The van der Waals surface area contributed by atoms with Gasteiger partial charge in [0.05, 0.1) is 10.5 Å². The van der Waals surface area contributed by atoms with Crippen LogP contribution in [0.1, 0.15) is 16.7 Å². The van der Waals surface area contributed by atoms with E-state index >= 15 is 0 Å². The summed E-state index contributed by atoms with van der Waals surface area (Å²) in [5, 5.41) is 19.5. The Morgan fingerprint density at radius 2 is 1.37 bits per heavy atom. The van der Waals surface area contributed by atoms with E-state index in [1.54, 1.807) is 30.4 Å². The van der Waals surface area contributed by atoms with E-state index in [9.17, 15) is 10.1 Å². The molecule has 27 heavy (non-hydrogen) atoms. The van der Waals surface area contributed by atoms with E-state index in [1.807, 2.05) is 60.7 Å². The number of allylic oxidation sites excluding steroid dienone is 1. The van der Waals surface area contributed by atoms with Crippen molar-refractivity contribution in [2.45, 2.75) is 0 Å². The lowest BCUT2D eigenvalue weighted by molar-refractivity contribution is -0.385. The summed E-state index contributed by atoms with van der Waals surface area (Å²) in [4.78, 5) is 10.6. The second kappa shape index (κ2) is 9.01. The van der Waals surface area contributed by atoms with Crippen molar-refractivity contribution in [3.8, 4) is 0 Å². The average molecular weight is 355 g/mol. The van der Waals surface area contributed by atoms with E-state index in [0.29, 0.717) is 5.56 Å². The molecular weight excluding hydrogens is 338 g/mol. The Labute approximate surface area is 157 Å². The van der Waals surface area contributed by atoms with Gasteiger partial charge in [0.15, 0.2) is 0 Å². The number of hydrogen-bond acceptors (Lipinski definition) is 4. The quantitative estimate of drug-likeness (QED) is 0.349. The molecule has 0 amide bonds. The lowest BCUT2D eigenvalue weighted by Gasteiger charge is -2.04. The number of nitrogens with zero attached hydrogens (tertiary/aromatic N) is 3. The summed E-state index contributed by atoms with van der Waals surface area (Å²) >= 11 is 0. The second-order valence-corrected chi connectivity index (χ2v) is 5.62. The summed E-state index contributed by atoms with van der Waals surface area (Å²) < 4.78 is 0. The molecule has 3 aromatic carbocycles. The normalized spacial score (nSPS) is 11.0. The Bertz CT molecular complexity index is 953. The number of benzene rings is 3. The third kappa shape index (κ3) is 4.83. The summed E-state index contributed by atoms with van der Waals surface area (Å²) in [6, 6.07) is 26.2. The number of nitro groups is 1. The van der Waals surface area contributed by atoms with Crippen LogP contribution in [0, 0.1) is 10.1 Å². The molecule has 132 valence electrons. The highest BCUT2D eigenvalue weighted by Crippen LogP contribution is 2.18. The summed E-state index contributed by atoms with van der Waals surface area (Å²) in [6.45, 7) is 0. The van der Waals surface area contributed by atoms with Gasteiger partial charge in [0.1, 0.15) is 5.71 Å². The summed E-state index contributed by atoms with van der Waals surface area (Å²) in [5.74, 6) is 0. The van der Waals surface area contributed by atoms with E-state index in [1.165, 1.54) is 12.3 Å². The topological polar surface area (TPSA) is 67.9 Å². The van der Waals surface area contributed by atoms with Gasteiger partial charge >= 0.3 is 0 Å². The molecule has 0 N–H and O–H groups in total. The van der Waals surface area contributed by atoms with Crippen molar-refractivity contribution >= 4 is 23.7 Å². The van der Waals surface area contributed by atoms with Crippen LogP contribution in [0.4, 0.5) is 5.69 Å². The first-order valence-corrected chi connectivity index (χ1v) is 8.37. The monoisotopic (exact) mass is 355 g/mol. The first-order chi connectivity index (χ1) is 13.3. The highest BCUT2D eigenvalue weighted by molar-refractivity contribution is 6.12. The van der Waals surface area contributed by atoms with Crippen LogP contribution in [0.15, 0.2) is 101 Å². The van der Waals surface area contributed by atoms with Crippen LogP contribution in [-0.2, 0) is 0 Å². The fourth-order valence-electron chi connectivity index (χ4n) is 2.55. The molecule has 0 aromatic heterocycles. The minimum Gasteiger partial charge on any atom is -0.258 e. The largest absolute Gasteiger partial charge is 0.276 e. The zero-order valence-electron chi connectivity index (χ0n) is 14.5. The van der Waals surface area contributed by atoms with Crippen molar-refractivity contribution < 1.29 is 4.92 Å². The SMILES string of the molecule is O=[N+]([O-])c1ccccc1/C=C/C=N/N=C(c1ccccc1)c1ccccc1. The van der Waals surface area contributed by atoms with Crippen molar-refractivity contribution in [1.82, 2.24) is 0 Å². The zero-order chi connectivity index (χ0) is 18.9. The van der Waals surface area contributed by atoms with Crippen molar-refractivity contribution in [3.05, 3.63) is 118 Å². The predicted octanol–water partition coefficient (Wildman–Crippen LogP) is 5.13. The number of nitro benzene ring substituents is 1. The Kier molecular flexibility index (Phi) is 5.99. The van der Waals surface area contributed by atoms with E-state index in [0.717, 1.165) is 16.8 Å². The van der Waals surface area contributed by atoms with Gasteiger partial charge in [-0.25, -0.2) is 0 Å². The Morgan fingerprint density at radius 3 is 1.96 bits per heavy atom. The Morgan fingerprint density at radius 1 is 0.815 bits per heavy atom. The van der Waals surface area contributed by atoms with Gasteiger partial charge in [0.2, 0.25) is 0 Å². The van der Waals surface area contributed by atoms with Crippen LogP contribution in [0.2, 0.25) is 0 Å². The van der Waals surface area contributed by atoms with Crippen molar-refractivity contribution in [1.29, 1.82) is 0 Å². The molecule has 0 fully saturated rings. The molecule has 5 nitrogen and oxygen atoms in total. The summed E-state index contributed by atoms with van der Waals surface area (Å²) in [5.41, 5.74) is 3.25. The molecule has 0 heterocycles. The molecule has 0 spiro atoms. The minimum absolute atomic E-state index is 0.0555. The molecule has 0 saturated heterocycles. The molecule has 5 heteroatoms. The van der Waals surface area contributed by atoms with Gasteiger partial charge in [-0.2, -0.15) is 5.10 Å². The van der Waals surface area contributed by atoms with Crippen LogP contribution >= 0.6 is 0 Å². The van der Waals surface area contributed by atoms with Gasteiger partial charge in [-0.15, -0.1) is 5.10 Å². The van der Waals surface area contributed by atoms with Gasteiger partial charge in [-0.3, -0.25) is 10.1 Å².